The second-order valence-corrected chi connectivity index (χ2v) is 5.12. The van der Waals surface area contributed by atoms with Crippen molar-refractivity contribution in [3.63, 3.8) is 0 Å². The molecule has 4 nitrogen and oxygen atoms in total. The van der Waals surface area contributed by atoms with Crippen molar-refractivity contribution in [3.05, 3.63) is 17.1 Å². The van der Waals surface area contributed by atoms with Gasteiger partial charge in [0.2, 0.25) is 0 Å². The van der Waals surface area contributed by atoms with Crippen molar-refractivity contribution in [2.24, 2.45) is 0 Å². The topological polar surface area (TPSA) is 41.1 Å². The molecule has 0 aromatic carbocycles. The van der Waals surface area contributed by atoms with Crippen LogP contribution in [-0.2, 0) is 0 Å². The van der Waals surface area contributed by atoms with Crippen molar-refractivity contribution in [2.75, 3.05) is 26.0 Å². The standard InChI is InChI=1S/C14H26N4/c1-7-8-13(18(5)6)9-15-14-10(2)11(3)16-12(4)17-14/h13H,7-9H2,1-6H3,(H,15,16,17)/t13-/m1/s1. The van der Waals surface area contributed by atoms with E-state index in [-0.39, 0.29) is 0 Å². The summed E-state index contributed by atoms with van der Waals surface area (Å²) in [7, 11) is 4.26. The number of aryl methyl sites for hydroxylation is 2. The summed E-state index contributed by atoms with van der Waals surface area (Å²) in [5, 5.41) is 3.47. The fourth-order valence-corrected chi connectivity index (χ4v) is 2.03. The van der Waals surface area contributed by atoms with Crippen molar-refractivity contribution >= 4 is 5.82 Å². The molecule has 4 heteroatoms. The zero-order valence-electron chi connectivity index (χ0n) is 12.5. The molecule has 0 aliphatic carbocycles. The van der Waals surface area contributed by atoms with Crippen LogP contribution in [0.15, 0.2) is 0 Å². The van der Waals surface area contributed by atoms with Gasteiger partial charge in [-0.15, -0.1) is 0 Å². The van der Waals surface area contributed by atoms with E-state index in [1.54, 1.807) is 0 Å². The van der Waals surface area contributed by atoms with Crippen LogP contribution in [0.4, 0.5) is 5.82 Å². The summed E-state index contributed by atoms with van der Waals surface area (Å²) in [6.45, 7) is 9.19. The highest BCUT2D eigenvalue weighted by molar-refractivity contribution is 5.45. The van der Waals surface area contributed by atoms with Crippen LogP contribution in [0, 0.1) is 20.8 Å². The van der Waals surface area contributed by atoms with Crippen molar-refractivity contribution in [3.8, 4) is 0 Å². The molecule has 0 saturated carbocycles. The van der Waals surface area contributed by atoms with E-state index in [9.17, 15) is 0 Å². The van der Waals surface area contributed by atoms with Gasteiger partial charge in [0.05, 0.1) is 0 Å². The molecule has 102 valence electrons. The summed E-state index contributed by atoms with van der Waals surface area (Å²) in [5.74, 6) is 1.81. The first-order valence-corrected chi connectivity index (χ1v) is 6.67. The lowest BCUT2D eigenvalue weighted by Gasteiger charge is -2.25. The number of hydrogen-bond acceptors (Lipinski definition) is 4. The summed E-state index contributed by atoms with van der Waals surface area (Å²) in [4.78, 5) is 11.1. The lowest BCUT2D eigenvalue weighted by molar-refractivity contribution is 0.288. The van der Waals surface area contributed by atoms with E-state index in [1.807, 2.05) is 13.8 Å². The van der Waals surface area contributed by atoms with Crippen LogP contribution in [-0.4, -0.2) is 41.5 Å². The van der Waals surface area contributed by atoms with Crippen molar-refractivity contribution in [1.82, 2.24) is 14.9 Å². The Hall–Kier alpha value is -1.16. The zero-order valence-corrected chi connectivity index (χ0v) is 12.5. The summed E-state index contributed by atoms with van der Waals surface area (Å²) in [5.41, 5.74) is 2.21. The van der Waals surface area contributed by atoms with Crippen LogP contribution in [0.1, 0.15) is 36.8 Å². The number of likely N-dealkylation sites (N-methyl/N-ethyl adjacent to an activating group) is 1. The van der Waals surface area contributed by atoms with Crippen LogP contribution in [0.5, 0.6) is 0 Å². The Morgan fingerprint density at radius 3 is 2.39 bits per heavy atom. The summed E-state index contributed by atoms with van der Waals surface area (Å²) in [6, 6.07) is 0.546. The van der Waals surface area contributed by atoms with E-state index in [0.29, 0.717) is 6.04 Å². The molecule has 0 radical (unpaired) electrons. The maximum absolute atomic E-state index is 4.48. The van der Waals surface area contributed by atoms with E-state index in [2.05, 4.69) is 48.1 Å². The SMILES string of the molecule is CCC[C@H](CNc1nc(C)nc(C)c1C)N(C)C. The molecule has 0 bridgehead atoms. The van der Waals surface area contributed by atoms with E-state index in [0.717, 1.165) is 29.4 Å². The van der Waals surface area contributed by atoms with Crippen LogP contribution >= 0.6 is 0 Å². The third-order valence-electron chi connectivity index (χ3n) is 3.36. The molecule has 0 amide bonds. The Bertz CT molecular complexity index is 388. The molecule has 1 atom stereocenters. The molecule has 0 spiro atoms. The lowest BCUT2D eigenvalue weighted by atomic mass is 10.1. The van der Waals surface area contributed by atoms with Crippen molar-refractivity contribution in [1.29, 1.82) is 0 Å². The Balaban J connectivity index is 2.73. The average molecular weight is 250 g/mol. The minimum atomic E-state index is 0.546. The number of anilines is 1. The van der Waals surface area contributed by atoms with Crippen LogP contribution in [0.25, 0.3) is 0 Å². The third-order valence-corrected chi connectivity index (χ3v) is 3.36. The highest BCUT2D eigenvalue weighted by Crippen LogP contribution is 2.15. The van der Waals surface area contributed by atoms with Crippen LogP contribution < -0.4 is 5.32 Å². The normalized spacial score (nSPS) is 12.8. The van der Waals surface area contributed by atoms with Gasteiger partial charge in [-0.1, -0.05) is 13.3 Å². The van der Waals surface area contributed by atoms with E-state index < -0.39 is 0 Å². The van der Waals surface area contributed by atoms with Gasteiger partial charge < -0.3 is 10.2 Å². The molecule has 0 aliphatic heterocycles. The first-order chi connectivity index (χ1) is 8.45. The molecule has 18 heavy (non-hydrogen) atoms. The predicted octanol–water partition coefficient (Wildman–Crippen LogP) is 2.54. The lowest BCUT2D eigenvalue weighted by Crippen LogP contribution is -2.34. The van der Waals surface area contributed by atoms with Crippen LogP contribution in [0.3, 0.4) is 0 Å². The zero-order chi connectivity index (χ0) is 13.7. The first-order valence-electron chi connectivity index (χ1n) is 6.67. The number of hydrogen-bond donors (Lipinski definition) is 1. The molecule has 1 N–H and O–H groups in total. The van der Waals surface area contributed by atoms with Gasteiger partial charge >= 0.3 is 0 Å². The first kappa shape index (κ1) is 14.9. The number of nitrogens with zero attached hydrogens (tertiary/aromatic N) is 3. The number of rotatable bonds is 6. The smallest absolute Gasteiger partial charge is 0.132 e. The van der Waals surface area contributed by atoms with Crippen molar-refractivity contribution in [2.45, 2.75) is 46.6 Å². The maximum Gasteiger partial charge on any atom is 0.132 e. The fraction of sp³-hybridized carbons (Fsp3) is 0.714. The molecule has 0 aliphatic rings. The average Bonchev–Trinajstić information content (AvgIpc) is 2.29. The predicted molar refractivity (Wildman–Crippen MR) is 77.1 cm³/mol. The van der Waals surface area contributed by atoms with Gasteiger partial charge in [0.25, 0.3) is 0 Å². The molecule has 1 heterocycles. The molecule has 0 unspecified atom stereocenters. The summed E-state index contributed by atoms with van der Waals surface area (Å²) < 4.78 is 0. The summed E-state index contributed by atoms with van der Waals surface area (Å²) >= 11 is 0. The van der Waals surface area contributed by atoms with Gasteiger partial charge in [-0.3, -0.25) is 0 Å². The highest BCUT2D eigenvalue weighted by atomic mass is 15.1. The highest BCUT2D eigenvalue weighted by Gasteiger charge is 2.12. The minimum Gasteiger partial charge on any atom is -0.368 e. The second kappa shape index (κ2) is 6.69. The Morgan fingerprint density at radius 1 is 1.17 bits per heavy atom. The number of nitrogens with one attached hydrogen (secondary N) is 1. The van der Waals surface area contributed by atoms with Gasteiger partial charge in [0, 0.05) is 23.8 Å². The molecule has 0 fully saturated rings. The van der Waals surface area contributed by atoms with Gasteiger partial charge in [-0.05, 0) is 41.3 Å². The molecule has 1 aromatic rings. The second-order valence-electron chi connectivity index (χ2n) is 5.12. The maximum atomic E-state index is 4.48. The van der Waals surface area contributed by atoms with Crippen LogP contribution in [0.2, 0.25) is 0 Å². The summed E-state index contributed by atoms with van der Waals surface area (Å²) in [6.07, 6.45) is 2.40. The van der Waals surface area contributed by atoms with Gasteiger partial charge in [0.15, 0.2) is 0 Å². The van der Waals surface area contributed by atoms with E-state index in [1.165, 1.54) is 12.8 Å². The fourth-order valence-electron chi connectivity index (χ4n) is 2.03. The quantitative estimate of drug-likeness (QED) is 0.842. The molecule has 1 rings (SSSR count). The van der Waals surface area contributed by atoms with E-state index in [4.69, 9.17) is 0 Å². The van der Waals surface area contributed by atoms with Crippen molar-refractivity contribution < 1.29 is 0 Å². The van der Waals surface area contributed by atoms with Gasteiger partial charge in [-0.2, -0.15) is 0 Å². The number of aromatic nitrogens is 2. The van der Waals surface area contributed by atoms with Gasteiger partial charge in [-0.25, -0.2) is 9.97 Å². The molecule has 1 aromatic heterocycles. The van der Waals surface area contributed by atoms with Gasteiger partial charge in [0.1, 0.15) is 11.6 Å². The monoisotopic (exact) mass is 250 g/mol. The molecular weight excluding hydrogens is 224 g/mol. The Kier molecular flexibility index (Phi) is 5.54. The van der Waals surface area contributed by atoms with E-state index >= 15 is 0 Å². The largest absolute Gasteiger partial charge is 0.368 e. The Labute approximate surface area is 111 Å². The minimum absolute atomic E-state index is 0.546. The third kappa shape index (κ3) is 3.95. The molecule has 0 saturated heterocycles. The Morgan fingerprint density at radius 2 is 1.83 bits per heavy atom. The molecular formula is C14H26N4.